The maximum absolute atomic E-state index is 13.2. The van der Waals surface area contributed by atoms with Gasteiger partial charge in [0.1, 0.15) is 0 Å². The van der Waals surface area contributed by atoms with Gasteiger partial charge in [-0.25, -0.2) is 0 Å². The number of nitrogens with one attached hydrogen (secondary N) is 2. The van der Waals surface area contributed by atoms with Gasteiger partial charge in [-0.3, -0.25) is 9.59 Å². The average molecular weight is 406 g/mol. The first-order valence-corrected chi connectivity index (χ1v) is 11.2. The molecule has 5 nitrogen and oxygen atoms in total. The summed E-state index contributed by atoms with van der Waals surface area (Å²) in [7, 11) is 0. The van der Waals surface area contributed by atoms with Gasteiger partial charge >= 0.3 is 0 Å². The molecule has 0 radical (unpaired) electrons. The van der Waals surface area contributed by atoms with Gasteiger partial charge in [-0.2, -0.15) is 0 Å². The molecule has 4 rings (SSSR count). The second-order valence-corrected chi connectivity index (χ2v) is 8.38. The number of hydrogen-bond donors (Lipinski definition) is 2. The Bertz CT molecular complexity index is 872. The molecule has 0 saturated heterocycles. The Morgan fingerprint density at radius 3 is 2.47 bits per heavy atom. The first-order chi connectivity index (χ1) is 14.7. The zero-order valence-corrected chi connectivity index (χ0v) is 17.5. The number of fused-ring (bicyclic) bond motifs is 1. The van der Waals surface area contributed by atoms with Crippen molar-refractivity contribution in [2.24, 2.45) is 0 Å². The van der Waals surface area contributed by atoms with Crippen molar-refractivity contribution in [3.63, 3.8) is 0 Å². The van der Waals surface area contributed by atoms with E-state index in [9.17, 15) is 9.59 Å². The van der Waals surface area contributed by atoms with E-state index in [4.69, 9.17) is 0 Å². The SMILES string of the molecule is O=C(CNC1CCCCC1)Nc1ccc(C(=O)N2CCCCc3ccccc32)cc1. The van der Waals surface area contributed by atoms with Crippen LogP contribution < -0.4 is 15.5 Å². The number of anilines is 2. The van der Waals surface area contributed by atoms with Crippen molar-refractivity contribution >= 4 is 23.2 Å². The molecule has 30 heavy (non-hydrogen) atoms. The number of rotatable bonds is 5. The van der Waals surface area contributed by atoms with Crippen molar-refractivity contribution in [1.82, 2.24) is 5.32 Å². The first-order valence-electron chi connectivity index (χ1n) is 11.2. The molecule has 0 unspecified atom stereocenters. The van der Waals surface area contributed by atoms with E-state index in [0.29, 0.717) is 18.2 Å². The van der Waals surface area contributed by atoms with Crippen LogP contribution in [0.4, 0.5) is 11.4 Å². The lowest BCUT2D eigenvalue weighted by molar-refractivity contribution is -0.115. The van der Waals surface area contributed by atoms with E-state index >= 15 is 0 Å². The number of carbonyl (C=O) groups excluding carboxylic acids is 2. The molecule has 2 aromatic carbocycles. The van der Waals surface area contributed by atoms with Crippen LogP contribution in [0.1, 0.15) is 60.9 Å². The van der Waals surface area contributed by atoms with Crippen LogP contribution in [-0.4, -0.2) is 30.9 Å². The molecular weight excluding hydrogens is 374 g/mol. The van der Waals surface area contributed by atoms with Crippen LogP contribution >= 0.6 is 0 Å². The van der Waals surface area contributed by atoms with E-state index in [-0.39, 0.29) is 11.8 Å². The molecule has 1 aliphatic heterocycles. The third kappa shape index (κ3) is 5.08. The molecule has 1 heterocycles. The van der Waals surface area contributed by atoms with Crippen LogP contribution in [0.15, 0.2) is 48.5 Å². The Hall–Kier alpha value is -2.66. The highest BCUT2D eigenvalue weighted by atomic mass is 16.2. The normalized spacial score (nSPS) is 17.1. The van der Waals surface area contributed by atoms with E-state index in [2.05, 4.69) is 16.7 Å². The van der Waals surface area contributed by atoms with Crippen molar-refractivity contribution in [2.75, 3.05) is 23.3 Å². The molecule has 0 bridgehead atoms. The van der Waals surface area contributed by atoms with Gasteiger partial charge in [0, 0.05) is 29.5 Å². The standard InChI is InChI=1S/C25H31N3O2/c29-24(18-26-21-10-2-1-3-11-21)27-22-15-13-20(14-16-22)25(30)28-17-7-6-9-19-8-4-5-12-23(19)28/h4-5,8,12-16,21,26H,1-3,6-7,9-11,17-18H2,(H,27,29). The van der Waals surface area contributed by atoms with Crippen LogP contribution in [-0.2, 0) is 11.2 Å². The zero-order chi connectivity index (χ0) is 20.8. The van der Waals surface area contributed by atoms with E-state index in [1.54, 1.807) is 12.1 Å². The predicted octanol–water partition coefficient (Wildman–Crippen LogP) is 4.53. The lowest BCUT2D eigenvalue weighted by atomic mass is 9.95. The van der Waals surface area contributed by atoms with Crippen molar-refractivity contribution in [1.29, 1.82) is 0 Å². The van der Waals surface area contributed by atoms with Gasteiger partial charge in [0.05, 0.1) is 6.54 Å². The Balaban J connectivity index is 1.36. The molecule has 1 aliphatic carbocycles. The van der Waals surface area contributed by atoms with E-state index in [1.165, 1.54) is 24.8 Å². The van der Waals surface area contributed by atoms with Crippen LogP contribution in [0.25, 0.3) is 0 Å². The quantitative estimate of drug-likeness (QED) is 0.768. The minimum Gasteiger partial charge on any atom is -0.325 e. The number of amides is 2. The predicted molar refractivity (Wildman–Crippen MR) is 121 cm³/mol. The molecule has 0 atom stereocenters. The van der Waals surface area contributed by atoms with Crippen molar-refractivity contribution in [3.8, 4) is 0 Å². The maximum Gasteiger partial charge on any atom is 0.258 e. The Labute approximate surface area is 178 Å². The fourth-order valence-electron chi connectivity index (χ4n) is 4.50. The number of benzene rings is 2. The molecule has 1 saturated carbocycles. The fraction of sp³-hybridized carbons (Fsp3) is 0.440. The minimum absolute atomic E-state index is 0.0150. The fourth-order valence-corrected chi connectivity index (χ4v) is 4.50. The lowest BCUT2D eigenvalue weighted by Crippen LogP contribution is -2.37. The number of hydrogen-bond acceptors (Lipinski definition) is 3. The highest BCUT2D eigenvalue weighted by Crippen LogP contribution is 2.27. The molecule has 1 fully saturated rings. The smallest absolute Gasteiger partial charge is 0.258 e. The highest BCUT2D eigenvalue weighted by molar-refractivity contribution is 6.07. The summed E-state index contributed by atoms with van der Waals surface area (Å²) in [6.45, 7) is 1.07. The molecule has 0 aromatic heterocycles. The largest absolute Gasteiger partial charge is 0.325 e. The Kier molecular flexibility index (Phi) is 6.80. The molecule has 0 spiro atoms. The summed E-state index contributed by atoms with van der Waals surface area (Å²) in [5.74, 6) is -0.0257. The molecule has 2 N–H and O–H groups in total. The van der Waals surface area contributed by atoms with Crippen LogP contribution in [0, 0.1) is 0 Å². The van der Waals surface area contributed by atoms with Crippen molar-refractivity contribution in [3.05, 3.63) is 59.7 Å². The average Bonchev–Trinajstić information content (AvgIpc) is 3.01. The van der Waals surface area contributed by atoms with Gasteiger partial charge in [-0.1, -0.05) is 37.5 Å². The van der Waals surface area contributed by atoms with Gasteiger partial charge in [-0.05, 0) is 68.0 Å². The summed E-state index contributed by atoms with van der Waals surface area (Å²) >= 11 is 0. The van der Waals surface area contributed by atoms with Crippen LogP contribution in [0.2, 0.25) is 0 Å². The second kappa shape index (κ2) is 9.90. The summed E-state index contributed by atoms with van der Waals surface area (Å²) in [6.07, 6.45) is 9.22. The summed E-state index contributed by atoms with van der Waals surface area (Å²) in [4.78, 5) is 27.3. The van der Waals surface area contributed by atoms with Gasteiger partial charge in [0.15, 0.2) is 0 Å². The molecule has 2 amide bonds. The number of carbonyl (C=O) groups is 2. The van der Waals surface area contributed by atoms with Gasteiger partial charge in [-0.15, -0.1) is 0 Å². The monoisotopic (exact) mass is 405 g/mol. The van der Waals surface area contributed by atoms with Gasteiger partial charge < -0.3 is 15.5 Å². The molecule has 2 aliphatic rings. The summed E-state index contributed by atoms with van der Waals surface area (Å²) in [5.41, 5.74) is 3.62. The van der Waals surface area contributed by atoms with Crippen LogP contribution in [0.3, 0.4) is 0 Å². The lowest BCUT2D eigenvalue weighted by Gasteiger charge is -2.23. The minimum atomic E-state index is -0.0407. The highest BCUT2D eigenvalue weighted by Gasteiger charge is 2.22. The van der Waals surface area contributed by atoms with Gasteiger partial charge in [0.25, 0.3) is 5.91 Å². The van der Waals surface area contributed by atoms with E-state index in [1.807, 2.05) is 35.2 Å². The third-order valence-corrected chi connectivity index (χ3v) is 6.18. The molecular formula is C25H31N3O2. The number of para-hydroxylation sites is 1. The summed E-state index contributed by atoms with van der Waals surface area (Å²) in [6, 6.07) is 15.9. The van der Waals surface area contributed by atoms with E-state index < -0.39 is 0 Å². The molecule has 158 valence electrons. The van der Waals surface area contributed by atoms with Crippen molar-refractivity contribution in [2.45, 2.75) is 57.4 Å². The molecule has 5 heteroatoms. The topological polar surface area (TPSA) is 61.4 Å². The summed E-state index contributed by atoms with van der Waals surface area (Å²) < 4.78 is 0. The Morgan fingerprint density at radius 2 is 1.67 bits per heavy atom. The zero-order valence-electron chi connectivity index (χ0n) is 17.5. The second-order valence-electron chi connectivity index (χ2n) is 8.38. The number of nitrogens with zero attached hydrogens (tertiary/aromatic N) is 1. The number of aryl methyl sites for hydroxylation is 1. The Morgan fingerprint density at radius 1 is 0.900 bits per heavy atom. The van der Waals surface area contributed by atoms with Crippen LogP contribution in [0.5, 0.6) is 0 Å². The van der Waals surface area contributed by atoms with E-state index in [0.717, 1.165) is 50.0 Å². The van der Waals surface area contributed by atoms with Gasteiger partial charge in [0.2, 0.25) is 5.91 Å². The maximum atomic E-state index is 13.2. The van der Waals surface area contributed by atoms with Crippen molar-refractivity contribution < 1.29 is 9.59 Å². The third-order valence-electron chi connectivity index (χ3n) is 6.18. The molecule has 2 aromatic rings. The first kappa shape index (κ1) is 20.6. The summed E-state index contributed by atoms with van der Waals surface area (Å²) in [5, 5.41) is 6.28.